The van der Waals surface area contributed by atoms with E-state index in [0.717, 1.165) is 37.1 Å². The molecule has 1 aliphatic carbocycles. The number of para-hydroxylation sites is 1. The van der Waals surface area contributed by atoms with Crippen molar-refractivity contribution in [1.29, 1.82) is 0 Å². The zero-order valence-corrected chi connectivity index (χ0v) is 13.3. The number of hydrazone groups is 1. The lowest BCUT2D eigenvalue weighted by molar-refractivity contribution is -0.144. The summed E-state index contributed by atoms with van der Waals surface area (Å²) in [4.78, 5) is 25.8. The van der Waals surface area contributed by atoms with Gasteiger partial charge in [0.05, 0.1) is 6.21 Å². The molecule has 1 aromatic carbocycles. The van der Waals surface area contributed by atoms with E-state index in [9.17, 15) is 14.7 Å². The molecule has 0 atom stereocenters. The molecule has 0 radical (unpaired) electrons. The maximum Gasteiger partial charge on any atom is 0.339 e. The Hall–Kier alpha value is -2.28. The van der Waals surface area contributed by atoms with Crippen LogP contribution in [0.1, 0.15) is 37.7 Å². The number of amides is 2. The highest BCUT2D eigenvalue weighted by Crippen LogP contribution is 2.27. The van der Waals surface area contributed by atoms with Gasteiger partial charge in [0.1, 0.15) is 5.75 Å². The highest BCUT2D eigenvalue weighted by Gasteiger charge is 2.45. The fourth-order valence-corrected chi connectivity index (χ4v) is 3.31. The zero-order valence-electron chi connectivity index (χ0n) is 12.5. The molecule has 1 N–H and O–H groups in total. The van der Waals surface area contributed by atoms with Crippen LogP contribution in [0.2, 0.25) is 0 Å². The maximum absolute atomic E-state index is 12.2. The Labute approximate surface area is 139 Å². The van der Waals surface area contributed by atoms with Crippen molar-refractivity contribution in [3.05, 3.63) is 29.8 Å². The lowest BCUT2D eigenvalue weighted by atomic mass is 9.94. The van der Waals surface area contributed by atoms with Crippen molar-refractivity contribution in [2.75, 3.05) is 0 Å². The van der Waals surface area contributed by atoms with Gasteiger partial charge in [0.25, 0.3) is 0 Å². The fourth-order valence-electron chi connectivity index (χ4n) is 2.95. The first kappa shape index (κ1) is 15.6. The van der Waals surface area contributed by atoms with Crippen LogP contribution in [0.15, 0.2) is 29.4 Å². The van der Waals surface area contributed by atoms with E-state index in [1.54, 1.807) is 18.2 Å². The van der Waals surface area contributed by atoms with Crippen LogP contribution in [0.5, 0.6) is 5.75 Å². The summed E-state index contributed by atoms with van der Waals surface area (Å²) in [6.45, 7) is 0. The average molecular weight is 331 g/mol. The largest absolute Gasteiger partial charge is 0.507 e. The minimum atomic E-state index is -0.743. The number of carbonyl (C=O) groups is 2. The zero-order chi connectivity index (χ0) is 16.4. The Morgan fingerprint density at radius 1 is 1.13 bits per heavy atom. The molecular formula is C16H17N3O3S. The third-order valence-corrected chi connectivity index (χ3v) is 4.54. The molecule has 2 aliphatic rings. The number of hydrogen-bond acceptors (Lipinski definition) is 5. The molecule has 1 saturated carbocycles. The topological polar surface area (TPSA) is 73.2 Å². The summed E-state index contributed by atoms with van der Waals surface area (Å²) < 4.78 is 0. The lowest BCUT2D eigenvalue weighted by Gasteiger charge is -2.29. The van der Waals surface area contributed by atoms with Crippen LogP contribution in [-0.2, 0) is 9.59 Å². The van der Waals surface area contributed by atoms with Gasteiger partial charge < -0.3 is 5.11 Å². The first-order valence-corrected chi connectivity index (χ1v) is 8.04. The molecule has 0 spiro atoms. The molecule has 120 valence electrons. The molecule has 6 nitrogen and oxygen atoms in total. The normalized spacial score (nSPS) is 20.1. The van der Waals surface area contributed by atoms with Gasteiger partial charge in [0, 0.05) is 11.6 Å². The van der Waals surface area contributed by atoms with Gasteiger partial charge in [-0.3, -0.25) is 14.5 Å². The molecule has 0 bridgehead atoms. The molecule has 2 amide bonds. The third kappa shape index (κ3) is 2.96. The van der Waals surface area contributed by atoms with Gasteiger partial charge in [-0.05, 0) is 37.2 Å². The minimum Gasteiger partial charge on any atom is -0.507 e. The van der Waals surface area contributed by atoms with Crippen molar-refractivity contribution < 1.29 is 14.7 Å². The highest BCUT2D eigenvalue weighted by atomic mass is 32.1. The van der Waals surface area contributed by atoms with Gasteiger partial charge in [0.2, 0.25) is 5.11 Å². The molecule has 1 aliphatic heterocycles. The Bertz CT molecular complexity index is 683. The van der Waals surface area contributed by atoms with Crippen LogP contribution in [0, 0.1) is 0 Å². The van der Waals surface area contributed by atoms with Crippen LogP contribution in [0.3, 0.4) is 0 Å². The third-order valence-electron chi connectivity index (χ3n) is 4.17. The molecule has 7 heteroatoms. The summed E-state index contributed by atoms with van der Waals surface area (Å²) in [5, 5.41) is 14.8. The summed E-state index contributed by atoms with van der Waals surface area (Å²) in [7, 11) is 0. The van der Waals surface area contributed by atoms with Crippen LogP contribution < -0.4 is 0 Å². The van der Waals surface area contributed by atoms with E-state index in [0.29, 0.717) is 5.56 Å². The van der Waals surface area contributed by atoms with Crippen molar-refractivity contribution in [3.8, 4) is 5.75 Å². The predicted octanol–water partition coefficient (Wildman–Crippen LogP) is 2.01. The lowest BCUT2D eigenvalue weighted by Crippen LogP contribution is -2.41. The van der Waals surface area contributed by atoms with Crippen LogP contribution in [-0.4, -0.2) is 44.2 Å². The smallest absolute Gasteiger partial charge is 0.339 e. The van der Waals surface area contributed by atoms with E-state index in [1.165, 1.54) is 17.2 Å². The number of carbonyl (C=O) groups excluding carboxylic acids is 2. The van der Waals surface area contributed by atoms with Crippen LogP contribution in [0.25, 0.3) is 0 Å². The van der Waals surface area contributed by atoms with Gasteiger partial charge in [-0.2, -0.15) is 10.1 Å². The van der Waals surface area contributed by atoms with Crippen LogP contribution in [0.4, 0.5) is 0 Å². The van der Waals surface area contributed by atoms with Crippen molar-refractivity contribution in [2.45, 2.75) is 38.1 Å². The first-order chi connectivity index (χ1) is 11.1. The second-order valence-electron chi connectivity index (χ2n) is 5.67. The summed E-state index contributed by atoms with van der Waals surface area (Å²) in [6, 6.07) is 6.59. The minimum absolute atomic E-state index is 0.0157. The number of hydrogen-bond donors (Lipinski definition) is 1. The molecule has 2 fully saturated rings. The van der Waals surface area contributed by atoms with E-state index >= 15 is 0 Å². The first-order valence-electron chi connectivity index (χ1n) is 7.63. The number of benzene rings is 1. The number of phenolic OH excluding ortho intramolecular Hbond substituents is 1. The number of thiocarbonyl (C=S) groups is 1. The van der Waals surface area contributed by atoms with E-state index < -0.39 is 11.8 Å². The van der Waals surface area contributed by atoms with Crippen LogP contribution >= 0.6 is 12.2 Å². The summed E-state index contributed by atoms with van der Waals surface area (Å²) in [5.74, 6) is -1.31. The summed E-state index contributed by atoms with van der Waals surface area (Å²) in [6.07, 6.45) is 6.26. The number of nitrogens with zero attached hydrogens (tertiary/aromatic N) is 3. The fraction of sp³-hybridized carbons (Fsp3) is 0.375. The molecule has 3 rings (SSSR count). The molecular weight excluding hydrogens is 314 g/mol. The number of phenols is 1. The molecule has 0 unspecified atom stereocenters. The highest BCUT2D eigenvalue weighted by molar-refractivity contribution is 7.80. The average Bonchev–Trinajstić information content (AvgIpc) is 2.78. The Morgan fingerprint density at radius 2 is 1.83 bits per heavy atom. The number of rotatable bonds is 3. The van der Waals surface area contributed by atoms with Gasteiger partial charge >= 0.3 is 11.8 Å². The maximum atomic E-state index is 12.2. The van der Waals surface area contributed by atoms with Crippen molar-refractivity contribution in [2.24, 2.45) is 5.10 Å². The van der Waals surface area contributed by atoms with Crippen molar-refractivity contribution >= 4 is 35.4 Å². The Kier molecular flexibility index (Phi) is 4.38. The molecule has 1 aromatic rings. The summed E-state index contributed by atoms with van der Waals surface area (Å²) in [5.41, 5.74) is 0.451. The second kappa shape index (κ2) is 6.45. The molecule has 1 heterocycles. The van der Waals surface area contributed by atoms with Crippen molar-refractivity contribution in [1.82, 2.24) is 9.91 Å². The van der Waals surface area contributed by atoms with Crippen molar-refractivity contribution in [3.63, 3.8) is 0 Å². The quantitative estimate of drug-likeness (QED) is 0.522. The Morgan fingerprint density at radius 3 is 2.52 bits per heavy atom. The van der Waals surface area contributed by atoms with E-state index in [1.807, 2.05) is 0 Å². The van der Waals surface area contributed by atoms with Gasteiger partial charge in [-0.25, -0.2) is 0 Å². The second-order valence-corrected chi connectivity index (χ2v) is 6.04. The van der Waals surface area contributed by atoms with Gasteiger partial charge in [-0.1, -0.05) is 31.4 Å². The van der Waals surface area contributed by atoms with E-state index in [-0.39, 0.29) is 16.9 Å². The monoisotopic (exact) mass is 331 g/mol. The Balaban J connectivity index is 1.80. The van der Waals surface area contributed by atoms with Gasteiger partial charge in [0.15, 0.2) is 0 Å². The van der Waals surface area contributed by atoms with Gasteiger partial charge in [-0.15, -0.1) is 0 Å². The van der Waals surface area contributed by atoms with E-state index in [2.05, 4.69) is 5.10 Å². The number of aromatic hydroxyl groups is 1. The summed E-state index contributed by atoms with van der Waals surface area (Å²) >= 11 is 5.28. The predicted molar refractivity (Wildman–Crippen MR) is 88.9 cm³/mol. The molecule has 0 aromatic heterocycles. The molecule has 1 saturated heterocycles. The van der Waals surface area contributed by atoms with E-state index in [4.69, 9.17) is 12.2 Å². The molecule has 23 heavy (non-hydrogen) atoms. The standard InChI is InChI=1S/C16H17N3O3S/c20-13-9-5-4-6-11(13)10-17-19-15(22)14(21)18(16(19)23)12-7-2-1-3-8-12/h4-6,9-10,12,20H,1-3,7-8H2/b17-10+. The SMILES string of the molecule is O=C1C(=O)N(C2CCCCC2)C(=S)N1/N=C/c1ccccc1O.